The fraction of sp³-hybridized carbons (Fsp3) is 0.417. The van der Waals surface area contributed by atoms with E-state index in [0.29, 0.717) is 17.2 Å². The third-order valence-corrected chi connectivity index (χ3v) is 2.93. The molecule has 0 heterocycles. The van der Waals surface area contributed by atoms with Gasteiger partial charge in [-0.2, -0.15) is 0 Å². The van der Waals surface area contributed by atoms with E-state index in [2.05, 4.69) is 0 Å². The van der Waals surface area contributed by atoms with Crippen LogP contribution in [-0.4, -0.2) is 18.2 Å². The molecule has 0 aliphatic carbocycles. The Hall–Kier alpha value is -1.26. The first kappa shape index (κ1) is 13.8. The molecule has 1 aromatic carbocycles. The SMILES string of the molecule is COc1ccc(C(N)CC(C)C(=O)O)cc1Cl. The van der Waals surface area contributed by atoms with Crippen molar-refractivity contribution < 1.29 is 14.6 Å². The number of ether oxygens (including phenoxy) is 1. The second kappa shape index (κ2) is 5.89. The van der Waals surface area contributed by atoms with Gasteiger partial charge in [-0.1, -0.05) is 24.6 Å². The lowest BCUT2D eigenvalue weighted by atomic mass is 9.97. The number of nitrogens with two attached hydrogens (primary N) is 1. The van der Waals surface area contributed by atoms with Gasteiger partial charge in [0.2, 0.25) is 0 Å². The van der Waals surface area contributed by atoms with Crippen molar-refractivity contribution in [3.63, 3.8) is 0 Å². The molecule has 17 heavy (non-hydrogen) atoms. The van der Waals surface area contributed by atoms with E-state index in [1.165, 1.54) is 7.11 Å². The average Bonchev–Trinajstić information content (AvgIpc) is 2.28. The lowest BCUT2D eigenvalue weighted by molar-refractivity contribution is -0.141. The third kappa shape index (κ3) is 3.61. The molecule has 5 heteroatoms. The Balaban J connectivity index is 2.79. The van der Waals surface area contributed by atoms with Crippen molar-refractivity contribution >= 4 is 17.6 Å². The van der Waals surface area contributed by atoms with Crippen molar-refractivity contribution in [2.75, 3.05) is 7.11 Å². The van der Waals surface area contributed by atoms with E-state index in [0.717, 1.165) is 5.56 Å². The summed E-state index contributed by atoms with van der Waals surface area (Å²) in [7, 11) is 1.54. The largest absolute Gasteiger partial charge is 0.495 e. The molecule has 0 radical (unpaired) electrons. The molecule has 1 aromatic rings. The first-order valence-electron chi connectivity index (χ1n) is 5.27. The maximum atomic E-state index is 10.7. The number of rotatable bonds is 5. The molecule has 0 spiro atoms. The topological polar surface area (TPSA) is 72.5 Å². The van der Waals surface area contributed by atoms with Gasteiger partial charge in [-0.25, -0.2) is 0 Å². The summed E-state index contributed by atoms with van der Waals surface area (Å²) in [6, 6.07) is 4.89. The molecule has 4 nitrogen and oxygen atoms in total. The van der Waals surface area contributed by atoms with Crippen LogP contribution in [0.2, 0.25) is 5.02 Å². The number of hydrogen-bond acceptors (Lipinski definition) is 3. The Labute approximate surface area is 105 Å². The van der Waals surface area contributed by atoms with Crippen LogP contribution in [0.15, 0.2) is 18.2 Å². The fourth-order valence-electron chi connectivity index (χ4n) is 1.53. The number of hydrogen-bond donors (Lipinski definition) is 2. The maximum absolute atomic E-state index is 10.7. The van der Waals surface area contributed by atoms with Crippen molar-refractivity contribution in [2.24, 2.45) is 11.7 Å². The van der Waals surface area contributed by atoms with Crippen molar-refractivity contribution in [3.05, 3.63) is 28.8 Å². The van der Waals surface area contributed by atoms with E-state index in [9.17, 15) is 4.79 Å². The Morgan fingerprint density at radius 2 is 2.24 bits per heavy atom. The summed E-state index contributed by atoms with van der Waals surface area (Å²) >= 11 is 5.98. The molecule has 94 valence electrons. The van der Waals surface area contributed by atoms with Gasteiger partial charge in [-0.15, -0.1) is 0 Å². The van der Waals surface area contributed by atoms with Gasteiger partial charge in [-0.3, -0.25) is 4.79 Å². The molecule has 3 N–H and O–H groups in total. The van der Waals surface area contributed by atoms with E-state index in [4.69, 9.17) is 27.2 Å². The molecule has 0 saturated heterocycles. The third-order valence-electron chi connectivity index (χ3n) is 2.63. The molecular weight excluding hydrogens is 242 g/mol. The fourth-order valence-corrected chi connectivity index (χ4v) is 1.80. The van der Waals surface area contributed by atoms with Crippen molar-refractivity contribution in [3.8, 4) is 5.75 Å². The second-order valence-corrected chi connectivity index (χ2v) is 4.38. The molecule has 0 aliphatic heterocycles. The van der Waals surface area contributed by atoms with Crippen LogP contribution in [0.4, 0.5) is 0 Å². The zero-order chi connectivity index (χ0) is 13.0. The highest BCUT2D eigenvalue weighted by atomic mass is 35.5. The van der Waals surface area contributed by atoms with E-state index in [1.54, 1.807) is 25.1 Å². The highest BCUT2D eigenvalue weighted by molar-refractivity contribution is 6.32. The van der Waals surface area contributed by atoms with Crippen LogP contribution in [0.3, 0.4) is 0 Å². The van der Waals surface area contributed by atoms with Gasteiger partial charge in [-0.05, 0) is 24.1 Å². The zero-order valence-corrected chi connectivity index (χ0v) is 10.6. The van der Waals surface area contributed by atoms with Gasteiger partial charge in [0, 0.05) is 6.04 Å². The quantitative estimate of drug-likeness (QED) is 0.850. The number of carboxylic acids is 1. The van der Waals surface area contributed by atoms with Crippen LogP contribution in [0.25, 0.3) is 0 Å². The molecule has 0 amide bonds. The number of aliphatic carboxylic acids is 1. The lowest BCUT2D eigenvalue weighted by Gasteiger charge is -2.15. The van der Waals surface area contributed by atoms with Crippen LogP contribution in [0, 0.1) is 5.92 Å². The van der Waals surface area contributed by atoms with Gasteiger partial charge < -0.3 is 15.6 Å². The minimum Gasteiger partial charge on any atom is -0.495 e. The minimum absolute atomic E-state index is 0.343. The molecule has 0 bridgehead atoms. The standard InChI is InChI=1S/C12H16ClNO3/c1-7(12(15)16)5-10(14)8-3-4-11(17-2)9(13)6-8/h3-4,6-7,10H,5,14H2,1-2H3,(H,15,16). The summed E-state index contributed by atoms with van der Waals surface area (Å²) in [5, 5.41) is 9.29. The first-order chi connectivity index (χ1) is 7.95. The van der Waals surface area contributed by atoms with E-state index >= 15 is 0 Å². The van der Waals surface area contributed by atoms with Crippen LogP contribution < -0.4 is 10.5 Å². The van der Waals surface area contributed by atoms with Crippen molar-refractivity contribution in [2.45, 2.75) is 19.4 Å². The Morgan fingerprint density at radius 1 is 1.59 bits per heavy atom. The molecule has 1 rings (SSSR count). The Kier molecular flexibility index (Phi) is 4.78. The monoisotopic (exact) mass is 257 g/mol. The summed E-state index contributed by atoms with van der Waals surface area (Å²) < 4.78 is 5.03. The zero-order valence-electron chi connectivity index (χ0n) is 9.81. The van der Waals surface area contributed by atoms with Crippen LogP contribution >= 0.6 is 11.6 Å². The summed E-state index contributed by atoms with van der Waals surface area (Å²) in [4.78, 5) is 10.7. The molecule has 2 unspecified atom stereocenters. The normalized spacial score (nSPS) is 14.1. The predicted molar refractivity (Wildman–Crippen MR) is 66.3 cm³/mol. The van der Waals surface area contributed by atoms with E-state index in [1.807, 2.05) is 0 Å². The molecule has 0 fully saturated rings. The molecule has 0 saturated carbocycles. The molecule has 0 aromatic heterocycles. The number of carboxylic acid groups (broad SMARTS) is 1. The van der Waals surface area contributed by atoms with Gasteiger partial charge in [0.15, 0.2) is 0 Å². The van der Waals surface area contributed by atoms with Gasteiger partial charge >= 0.3 is 5.97 Å². The number of halogens is 1. The van der Waals surface area contributed by atoms with E-state index < -0.39 is 11.9 Å². The summed E-state index contributed by atoms with van der Waals surface area (Å²) in [6.45, 7) is 1.63. The molecular formula is C12H16ClNO3. The maximum Gasteiger partial charge on any atom is 0.306 e. The smallest absolute Gasteiger partial charge is 0.306 e. The van der Waals surface area contributed by atoms with Crippen molar-refractivity contribution in [1.29, 1.82) is 0 Å². The minimum atomic E-state index is -0.847. The van der Waals surface area contributed by atoms with Gasteiger partial charge in [0.25, 0.3) is 0 Å². The number of methoxy groups -OCH3 is 1. The van der Waals surface area contributed by atoms with Crippen molar-refractivity contribution in [1.82, 2.24) is 0 Å². The first-order valence-corrected chi connectivity index (χ1v) is 5.65. The number of carbonyl (C=O) groups is 1. The summed E-state index contributed by atoms with van der Waals surface area (Å²) in [5.41, 5.74) is 6.74. The van der Waals surface area contributed by atoms with Crippen LogP contribution in [0.5, 0.6) is 5.75 Å². The lowest BCUT2D eigenvalue weighted by Crippen LogP contribution is -2.19. The molecule has 0 aliphatic rings. The van der Waals surface area contributed by atoms with Crippen LogP contribution in [0.1, 0.15) is 24.9 Å². The summed E-state index contributed by atoms with van der Waals surface area (Å²) in [6.07, 6.45) is 0.373. The Morgan fingerprint density at radius 3 is 2.71 bits per heavy atom. The van der Waals surface area contributed by atoms with E-state index in [-0.39, 0.29) is 6.04 Å². The average molecular weight is 258 g/mol. The summed E-state index contributed by atoms with van der Waals surface area (Å²) in [5.74, 6) is -0.750. The molecule has 2 atom stereocenters. The number of benzene rings is 1. The highest BCUT2D eigenvalue weighted by Crippen LogP contribution is 2.28. The predicted octanol–water partition coefficient (Wildman–Crippen LogP) is 2.46. The van der Waals surface area contributed by atoms with Crippen LogP contribution in [-0.2, 0) is 4.79 Å². The Bertz CT molecular complexity index is 409. The van der Waals surface area contributed by atoms with Gasteiger partial charge in [0.1, 0.15) is 5.75 Å². The highest BCUT2D eigenvalue weighted by Gasteiger charge is 2.17. The second-order valence-electron chi connectivity index (χ2n) is 3.98. The van der Waals surface area contributed by atoms with Gasteiger partial charge in [0.05, 0.1) is 18.1 Å².